The second kappa shape index (κ2) is 5.29. The molecule has 1 rings (SSSR count). The maximum atomic E-state index is 10.7. The number of hydrogen-bond acceptors (Lipinski definition) is 3. The first-order valence-electron chi connectivity index (χ1n) is 3.04. The summed E-state index contributed by atoms with van der Waals surface area (Å²) in [7, 11) is -4.18. The van der Waals surface area contributed by atoms with Gasteiger partial charge in [0.05, 0.1) is 10.6 Å². The van der Waals surface area contributed by atoms with Crippen LogP contribution in [0.2, 0.25) is 0 Å². The summed E-state index contributed by atoms with van der Waals surface area (Å²) in [6.07, 6.45) is 0. The first kappa shape index (κ1) is 14.9. The smallest absolute Gasteiger partial charge is 1.00 e. The Bertz CT molecular complexity index is 431. The van der Waals surface area contributed by atoms with Gasteiger partial charge < -0.3 is 7.16 Å². The topological polar surface area (TPSA) is 80.4 Å². The summed E-state index contributed by atoms with van der Waals surface area (Å²) in [6.45, 7) is 0. The van der Waals surface area contributed by atoms with Crippen molar-refractivity contribution in [3.63, 3.8) is 0 Å². The summed E-state index contributed by atoms with van der Waals surface area (Å²) in [4.78, 5) is -0.208. The van der Waals surface area contributed by atoms with E-state index in [1.54, 1.807) is 0 Å². The van der Waals surface area contributed by atoms with Crippen molar-refractivity contribution in [2.24, 2.45) is 0 Å². The van der Waals surface area contributed by atoms with Crippen molar-refractivity contribution >= 4 is 47.7 Å². The first-order chi connectivity index (χ1) is 5.82. The van der Waals surface area contributed by atoms with E-state index in [1.807, 2.05) is 0 Å². The van der Waals surface area contributed by atoms with Crippen LogP contribution in [0.1, 0.15) is 1.43 Å². The van der Waals surface area contributed by atoms with Gasteiger partial charge in [-0.25, -0.2) is 0 Å². The number of nitrogen functional groups attached to an aromatic ring is 1. The molecule has 0 aromatic heterocycles. The van der Waals surface area contributed by atoms with Crippen molar-refractivity contribution in [1.29, 1.82) is 0 Å². The van der Waals surface area contributed by atoms with E-state index in [1.165, 1.54) is 12.1 Å². The molecule has 0 heterocycles. The third-order valence-corrected chi connectivity index (χ3v) is 3.49. The predicted octanol–water partition coefficient (Wildman–Crippen LogP) is -0.843. The molecule has 0 aliphatic carbocycles. The molecule has 0 aliphatic rings. The van der Waals surface area contributed by atoms with Gasteiger partial charge in [0.15, 0.2) is 0 Å². The van der Waals surface area contributed by atoms with E-state index in [9.17, 15) is 8.42 Å². The molecule has 1 aromatic rings. The molecule has 0 radical (unpaired) electrons. The van der Waals surface area contributed by atoms with Crippen LogP contribution in [0.5, 0.6) is 0 Å². The zero-order valence-electron chi connectivity index (χ0n) is 8.16. The Balaban J connectivity index is 0. The van der Waals surface area contributed by atoms with E-state index in [2.05, 4.69) is 31.9 Å². The molecule has 0 saturated heterocycles. The van der Waals surface area contributed by atoms with Crippen LogP contribution in [0.15, 0.2) is 26.0 Å². The van der Waals surface area contributed by atoms with E-state index in [0.29, 0.717) is 14.6 Å². The van der Waals surface area contributed by atoms with Gasteiger partial charge in [-0.1, -0.05) is 0 Å². The van der Waals surface area contributed by atoms with Crippen LogP contribution >= 0.6 is 31.9 Å². The minimum absolute atomic E-state index is 0. The second-order valence-corrected chi connectivity index (χ2v) is 5.41. The van der Waals surface area contributed by atoms with Gasteiger partial charge >= 0.3 is 29.6 Å². The van der Waals surface area contributed by atoms with Crippen LogP contribution in [0, 0.1) is 0 Å². The summed E-state index contributed by atoms with van der Waals surface area (Å²) >= 11 is 6.12. The maximum Gasteiger partial charge on any atom is 1.00 e. The minimum atomic E-state index is -4.18. The molecule has 0 atom stereocenters. The quantitative estimate of drug-likeness (QED) is 0.391. The monoisotopic (exact) mass is 353 g/mol. The largest absolute Gasteiger partial charge is 1.00 e. The van der Waals surface area contributed by atoms with Crippen molar-refractivity contribution in [1.82, 2.24) is 0 Å². The standard InChI is InChI=1S/C6H5Br2NO3S.Na.H/c7-4-1-3(13(10,11)12)2-5(8)6(4)9;;/h1-2H,9H2,(H,10,11,12);;/q;+1;-1. The molecule has 0 bridgehead atoms. The normalized spacial score (nSPS) is 10.8. The molecule has 14 heavy (non-hydrogen) atoms. The van der Waals surface area contributed by atoms with Gasteiger partial charge in [-0.15, -0.1) is 0 Å². The van der Waals surface area contributed by atoms with Crippen molar-refractivity contribution in [2.45, 2.75) is 4.90 Å². The molecule has 0 amide bonds. The van der Waals surface area contributed by atoms with Crippen molar-refractivity contribution < 1.29 is 44.0 Å². The van der Waals surface area contributed by atoms with Crippen molar-refractivity contribution in [3.05, 3.63) is 21.1 Å². The van der Waals surface area contributed by atoms with Crippen LogP contribution in [0.3, 0.4) is 0 Å². The van der Waals surface area contributed by atoms with E-state index in [-0.39, 0.29) is 35.9 Å². The van der Waals surface area contributed by atoms with Crippen LogP contribution < -0.4 is 35.3 Å². The zero-order valence-corrected chi connectivity index (χ0v) is 13.1. The Kier molecular flexibility index (Phi) is 5.62. The summed E-state index contributed by atoms with van der Waals surface area (Å²) in [5, 5.41) is 0. The number of anilines is 1. The molecule has 0 aliphatic heterocycles. The molecule has 4 nitrogen and oxygen atoms in total. The number of benzene rings is 1. The fourth-order valence-electron chi connectivity index (χ4n) is 0.710. The van der Waals surface area contributed by atoms with Gasteiger partial charge in [-0.3, -0.25) is 4.55 Å². The van der Waals surface area contributed by atoms with Crippen LogP contribution in [-0.2, 0) is 10.1 Å². The van der Waals surface area contributed by atoms with Crippen LogP contribution in [0.4, 0.5) is 5.69 Å². The fraction of sp³-hybridized carbons (Fsp3) is 0. The van der Waals surface area contributed by atoms with Gasteiger partial charge in [0.1, 0.15) is 0 Å². The van der Waals surface area contributed by atoms with Gasteiger partial charge in [0.25, 0.3) is 10.1 Å². The van der Waals surface area contributed by atoms with Gasteiger partial charge in [-0.05, 0) is 44.0 Å². The number of hydrogen-bond donors (Lipinski definition) is 2. The summed E-state index contributed by atoms with van der Waals surface area (Å²) in [5.74, 6) is 0. The first-order valence-corrected chi connectivity index (χ1v) is 6.07. The van der Waals surface area contributed by atoms with Crippen LogP contribution in [-0.4, -0.2) is 13.0 Å². The Morgan fingerprint density at radius 1 is 1.29 bits per heavy atom. The molecule has 8 heteroatoms. The Morgan fingerprint density at radius 3 is 1.93 bits per heavy atom. The molecule has 3 N–H and O–H groups in total. The van der Waals surface area contributed by atoms with E-state index < -0.39 is 10.1 Å². The average Bonchev–Trinajstić information content (AvgIpc) is 1.97. The average molecular weight is 355 g/mol. The summed E-state index contributed by atoms with van der Waals surface area (Å²) in [6, 6.07) is 2.46. The van der Waals surface area contributed by atoms with Gasteiger partial charge in [0, 0.05) is 8.95 Å². The zero-order chi connectivity index (χ0) is 10.2. The molecule has 1 aromatic carbocycles. The molecule has 0 saturated carbocycles. The number of rotatable bonds is 1. The SMILES string of the molecule is Nc1c(Br)cc(S(=O)(=O)O)cc1Br.[H-].[Na+]. The molecule has 0 spiro atoms. The molecule has 0 unspecified atom stereocenters. The Hall–Kier alpha value is 0.890. The summed E-state index contributed by atoms with van der Waals surface area (Å²) < 4.78 is 31.0. The molecular weight excluding hydrogens is 349 g/mol. The third kappa shape index (κ3) is 3.48. The predicted molar refractivity (Wildman–Crippen MR) is 57.2 cm³/mol. The molecule has 0 fully saturated rings. The summed E-state index contributed by atoms with van der Waals surface area (Å²) in [5.41, 5.74) is 5.91. The molecule has 74 valence electrons. The Morgan fingerprint density at radius 2 is 1.64 bits per heavy atom. The number of halogens is 2. The minimum Gasteiger partial charge on any atom is -1.00 e. The van der Waals surface area contributed by atoms with E-state index in [4.69, 9.17) is 10.3 Å². The Labute approximate surface area is 122 Å². The maximum absolute atomic E-state index is 10.7. The molecular formula is C6H6Br2NNaO3S. The number of nitrogens with two attached hydrogens (primary N) is 1. The van der Waals surface area contributed by atoms with Gasteiger partial charge in [-0.2, -0.15) is 8.42 Å². The second-order valence-electron chi connectivity index (χ2n) is 2.28. The van der Waals surface area contributed by atoms with E-state index >= 15 is 0 Å². The van der Waals surface area contributed by atoms with Gasteiger partial charge in [0.2, 0.25) is 0 Å². The van der Waals surface area contributed by atoms with Crippen LogP contribution in [0.25, 0.3) is 0 Å². The van der Waals surface area contributed by atoms with Crippen molar-refractivity contribution in [3.8, 4) is 0 Å². The third-order valence-electron chi connectivity index (χ3n) is 1.35. The van der Waals surface area contributed by atoms with E-state index in [0.717, 1.165) is 0 Å². The van der Waals surface area contributed by atoms with Crippen molar-refractivity contribution in [2.75, 3.05) is 5.73 Å². The fourth-order valence-corrected chi connectivity index (χ4v) is 2.73.